The van der Waals surface area contributed by atoms with Crippen molar-refractivity contribution in [3.63, 3.8) is 0 Å². The molecule has 0 aromatic carbocycles. The van der Waals surface area contributed by atoms with Crippen molar-refractivity contribution < 1.29 is 38.7 Å². The first-order valence-corrected chi connectivity index (χ1v) is 28.4. The van der Waals surface area contributed by atoms with Crippen LogP contribution in [-0.4, -0.2) is 98.9 Å². The van der Waals surface area contributed by atoms with E-state index in [4.69, 9.17) is 18.9 Å². The van der Waals surface area contributed by atoms with Crippen LogP contribution < -0.4 is 9.47 Å². The molecule has 396 valence electrons. The van der Waals surface area contributed by atoms with Crippen molar-refractivity contribution in [3.05, 3.63) is 24.8 Å². The highest BCUT2D eigenvalue weighted by molar-refractivity contribution is 9.09. The molecule has 12 nitrogen and oxygen atoms in total. The van der Waals surface area contributed by atoms with E-state index in [-0.39, 0.29) is 40.9 Å². The number of carbonyl (C=O) groups is 2. The second-order valence-electron chi connectivity index (χ2n) is 24.6. The number of nitrogens with one attached hydrogen (secondary N) is 1. The van der Waals surface area contributed by atoms with Gasteiger partial charge in [0.05, 0.1) is 74.3 Å². The second kappa shape index (κ2) is 22.3. The molecule has 8 saturated carbocycles. The molecule has 8 aliphatic rings. The van der Waals surface area contributed by atoms with Crippen molar-refractivity contribution >= 4 is 27.5 Å². The number of hydrogen-bond acceptors (Lipinski definition) is 10. The Bertz CT molecular complexity index is 2030. The Morgan fingerprint density at radius 2 is 1.17 bits per heavy atom. The van der Waals surface area contributed by atoms with E-state index in [0.29, 0.717) is 78.1 Å². The SMILES string of the molecule is C.CCOc1cn[nH]c1.CCOc1cnn(CC(=O)[C@H]2CC[C@H]3[C@@H]4CC[C@H]5C[C@](C)(O)CC[C@]5(COC)[C@H]4CC[C@]23C)c1.COC[C@]12CC[C@@](C)(O)C[C@@H]1CC[C@H]1[C@@H]3CC[C@H](C(=O)CBr)[C@@]3(C)CC[C@@H]12. The molecule has 70 heavy (non-hydrogen) atoms. The maximum atomic E-state index is 13.5. The lowest BCUT2D eigenvalue weighted by Gasteiger charge is -2.62. The maximum Gasteiger partial charge on any atom is 0.157 e. The number of rotatable bonds is 13. The number of alkyl halides is 1. The van der Waals surface area contributed by atoms with Crippen molar-refractivity contribution in [2.45, 2.75) is 182 Å². The van der Waals surface area contributed by atoms with Gasteiger partial charge in [-0.2, -0.15) is 10.2 Å². The largest absolute Gasteiger partial charge is 0.491 e. The molecule has 16 atom stereocenters. The zero-order valence-corrected chi connectivity index (χ0v) is 45.2. The fourth-order valence-corrected chi connectivity index (χ4v) is 18.5. The first-order chi connectivity index (χ1) is 32.9. The quantitative estimate of drug-likeness (QED) is 0.165. The summed E-state index contributed by atoms with van der Waals surface area (Å²) in [4.78, 5) is 26.1. The number of H-pyrrole nitrogens is 1. The van der Waals surface area contributed by atoms with Crippen LogP contribution in [-0.2, 0) is 25.6 Å². The standard InChI is InChI=1S/C28H44N2O4.C23H37BrO3.C5H8N2O.CH4/c1-5-34-20-15-29-30(16-20)17-25(31)24-9-8-22-21-7-6-19-14-26(2,32)12-13-28(19,18-33-4)23(21)10-11-27(22,24)3;1-21(26)10-11-23(14-27-3)15(12-21)4-5-16-17-6-7-19(20(25)13-24)22(17,2)9-8-18(16)23;1-2-8-5-3-6-7-4-5;/h15-16,19,21-24,32H,5-14,17-18H2,1-4H3;15-19,26H,4-14H2,1-3H3;3-4H,2H2,1H3,(H,6,7);1H4/t19-,21-,22-,23-,24+,26+,27-,28+;15-,16-,17-,18-,19+,21+,22-,23+;;/m00../s1. The van der Waals surface area contributed by atoms with E-state index in [9.17, 15) is 19.8 Å². The van der Waals surface area contributed by atoms with E-state index in [0.717, 1.165) is 88.4 Å². The normalized spacial score (nSPS) is 42.3. The first kappa shape index (κ1) is 55.4. The number of Topliss-reactive ketones (excluding diaryl/α,β-unsaturated/α-hetero) is 2. The molecule has 0 bridgehead atoms. The minimum Gasteiger partial charge on any atom is -0.491 e. The number of aromatic nitrogens is 4. The van der Waals surface area contributed by atoms with Crippen molar-refractivity contribution in [2.24, 2.45) is 80.8 Å². The van der Waals surface area contributed by atoms with E-state index < -0.39 is 11.2 Å². The minimum absolute atomic E-state index is 0. The predicted molar refractivity (Wildman–Crippen MR) is 278 cm³/mol. The van der Waals surface area contributed by atoms with Crippen LogP contribution in [0.25, 0.3) is 0 Å². The number of aliphatic hydroxyl groups is 2. The Morgan fingerprint density at radius 1 is 0.671 bits per heavy atom. The summed E-state index contributed by atoms with van der Waals surface area (Å²) in [5.74, 6) is 7.93. The minimum atomic E-state index is -0.530. The molecule has 0 unspecified atom stereocenters. The fraction of sp³-hybridized carbons (Fsp3) is 0.860. The molecule has 8 aliphatic carbocycles. The van der Waals surface area contributed by atoms with Crippen LogP contribution in [0, 0.1) is 80.8 Å². The Labute approximate surface area is 429 Å². The number of methoxy groups -OCH3 is 2. The number of carbonyl (C=O) groups excluding carboxylic acids is 2. The monoisotopic (exact) mass is 1040 g/mol. The van der Waals surface area contributed by atoms with Crippen LogP contribution in [0.15, 0.2) is 24.8 Å². The van der Waals surface area contributed by atoms with Crippen molar-refractivity contribution in [2.75, 3.05) is 46.0 Å². The molecule has 0 saturated heterocycles. The lowest BCUT2D eigenvalue weighted by molar-refractivity contribution is -0.175. The van der Waals surface area contributed by atoms with Gasteiger partial charge in [-0.3, -0.25) is 19.4 Å². The van der Waals surface area contributed by atoms with Crippen LogP contribution in [0.1, 0.15) is 165 Å². The second-order valence-corrected chi connectivity index (χ2v) is 25.2. The zero-order chi connectivity index (χ0) is 49.4. The third-order valence-corrected chi connectivity index (χ3v) is 21.6. The molecule has 2 aromatic heterocycles. The number of ether oxygens (including phenoxy) is 4. The summed E-state index contributed by atoms with van der Waals surface area (Å²) in [6.45, 7) is 16.1. The molecule has 0 radical (unpaired) electrons. The van der Waals surface area contributed by atoms with Crippen molar-refractivity contribution in [1.82, 2.24) is 20.0 Å². The summed E-state index contributed by atoms with van der Waals surface area (Å²) < 4.78 is 24.0. The third-order valence-electron chi connectivity index (χ3n) is 21.1. The first-order valence-electron chi connectivity index (χ1n) is 27.2. The summed E-state index contributed by atoms with van der Waals surface area (Å²) in [6, 6.07) is 0. The Hall–Kier alpha value is -2.32. The van der Waals surface area contributed by atoms with Gasteiger partial charge in [-0.05, 0) is 212 Å². The summed E-state index contributed by atoms with van der Waals surface area (Å²) >= 11 is 3.43. The van der Waals surface area contributed by atoms with Gasteiger partial charge in [-0.1, -0.05) is 37.2 Å². The predicted octanol–water partition coefficient (Wildman–Crippen LogP) is 11.3. The van der Waals surface area contributed by atoms with Gasteiger partial charge < -0.3 is 29.2 Å². The Kier molecular flexibility index (Phi) is 17.6. The number of nitrogens with zero attached hydrogens (tertiary/aromatic N) is 3. The number of hydrogen-bond donors (Lipinski definition) is 3. The molecule has 0 amide bonds. The highest BCUT2D eigenvalue weighted by atomic mass is 79.9. The third kappa shape index (κ3) is 10.5. The van der Waals surface area contributed by atoms with E-state index in [1.54, 1.807) is 23.3 Å². The molecule has 0 aliphatic heterocycles. The van der Waals surface area contributed by atoms with Gasteiger partial charge in [0.15, 0.2) is 17.3 Å². The molecule has 13 heteroatoms. The van der Waals surface area contributed by atoms with Crippen LogP contribution >= 0.6 is 15.9 Å². The number of ketones is 2. The number of aromatic amines is 1. The van der Waals surface area contributed by atoms with Crippen molar-refractivity contribution in [1.29, 1.82) is 0 Å². The highest BCUT2D eigenvalue weighted by Crippen LogP contribution is 2.70. The Morgan fingerprint density at radius 3 is 1.63 bits per heavy atom. The fourth-order valence-electron chi connectivity index (χ4n) is 18.1. The highest BCUT2D eigenvalue weighted by Gasteiger charge is 2.65. The van der Waals surface area contributed by atoms with Crippen LogP contribution in [0.4, 0.5) is 0 Å². The lowest BCUT2D eigenvalue weighted by Crippen LogP contribution is -2.58. The molecule has 10 rings (SSSR count). The van der Waals surface area contributed by atoms with Gasteiger partial charge in [0, 0.05) is 26.1 Å². The summed E-state index contributed by atoms with van der Waals surface area (Å²) in [5.41, 5.74) is -0.286. The topological polar surface area (TPSA) is 158 Å². The molecule has 8 fully saturated rings. The van der Waals surface area contributed by atoms with Gasteiger partial charge in [0.2, 0.25) is 0 Å². The summed E-state index contributed by atoms with van der Waals surface area (Å²) in [5, 5.41) is 32.8. The molecule has 3 N–H and O–H groups in total. The number of halogens is 1. The molecule has 0 spiro atoms. The van der Waals surface area contributed by atoms with E-state index in [1.165, 1.54) is 57.8 Å². The van der Waals surface area contributed by atoms with Crippen LogP contribution in [0.5, 0.6) is 11.5 Å². The van der Waals surface area contributed by atoms with Gasteiger partial charge >= 0.3 is 0 Å². The lowest BCUT2D eigenvalue weighted by atomic mass is 9.43. The van der Waals surface area contributed by atoms with Crippen LogP contribution in [0.2, 0.25) is 0 Å². The molecule has 2 heterocycles. The summed E-state index contributed by atoms with van der Waals surface area (Å²) in [7, 11) is 3.71. The van der Waals surface area contributed by atoms with E-state index >= 15 is 0 Å². The van der Waals surface area contributed by atoms with Gasteiger partial charge in [-0.25, -0.2) is 0 Å². The average molecular weight is 1040 g/mol. The maximum absolute atomic E-state index is 13.5. The Balaban J connectivity index is 0.000000179. The van der Waals surface area contributed by atoms with E-state index in [1.807, 2.05) is 48.1 Å². The molecular weight excluding hydrogens is 949 g/mol. The van der Waals surface area contributed by atoms with Crippen LogP contribution in [0.3, 0.4) is 0 Å². The average Bonchev–Trinajstić information content (AvgIpc) is 4.14. The zero-order valence-electron chi connectivity index (χ0n) is 43.6. The molecular formula is C57H93BrN4O8. The van der Waals surface area contributed by atoms with Gasteiger partial charge in [0.25, 0.3) is 0 Å². The summed E-state index contributed by atoms with van der Waals surface area (Å²) in [6.07, 6.45) is 26.9. The number of fused-ring (bicyclic) bond motifs is 10. The molecule has 2 aromatic rings. The van der Waals surface area contributed by atoms with Gasteiger partial charge in [-0.15, -0.1) is 0 Å². The van der Waals surface area contributed by atoms with Crippen molar-refractivity contribution in [3.8, 4) is 11.5 Å². The van der Waals surface area contributed by atoms with Gasteiger partial charge in [0.1, 0.15) is 5.78 Å². The smallest absolute Gasteiger partial charge is 0.157 e. The van der Waals surface area contributed by atoms with E-state index in [2.05, 4.69) is 45.1 Å².